The molecule has 30 heavy (non-hydrogen) atoms. The van der Waals surface area contributed by atoms with E-state index < -0.39 is 0 Å². The van der Waals surface area contributed by atoms with Gasteiger partial charge >= 0.3 is 0 Å². The standard InChI is InChI=1S/C21H26N4O4S/c1-6-13(3)25-20(27)19-15(9-12(2)22-19)24-21(25)30-11-18(26)23-14-7-8-16(28-4)17(10-14)29-5/h7-10,13,22H,6,11H2,1-5H3,(H,23,26)/t13-/m0/s1. The Morgan fingerprint density at radius 2 is 2.00 bits per heavy atom. The summed E-state index contributed by atoms with van der Waals surface area (Å²) in [5, 5.41) is 3.37. The third-order valence-corrected chi connectivity index (χ3v) is 5.77. The molecule has 1 aromatic carbocycles. The van der Waals surface area contributed by atoms with Crippen molar-refractivity contribution in [1.82, 2.24) is 14.5 Å². The molecule has 3 aromatic rings. The summed E-state index contributed by atoms with van der Waals surface area (Å²) in [5.41, 5.74) is 2.46. The van der Waals surface area contributed by atoms with Gasteiger partial charge < -0.3 is 19.8 Å². The summed E-state index contributed by atoms with van der Waals surface area (Å²) in [6.45, 7) is 5.87. The number of nitrogens with one attached hydrogen (secondary N) is 2. The Kier molecular flexibility index (Phi) is 6.71. The number of aromatic amines is 1. The summed E-state index contributed by atoms with van der Waals surface area (Å²) in [5.74, 6) is 1.03. The Morgan fingerprint density at radius 3 is 2.67 bits per heavy atom. The summed E-state index contributed by atoms with van der Waals surface area (Å²) < 4.78 is 12.1. The number of nitrogens with zero attached hydrogens (tertiary/aromatic N) is 2. The Labute approximate surface area is 179 Å². The summed E-state index contributed by atoms with van der Waals surface area (Å²) >= 11 is 1.24. The van der Waals surface area contributed by atoms with Crippen molar-refractivity contribution >= 4 is 34.4 Å². The van der Waals surface area contributed by atoms with Gasteiger partial charge in [0, 0.05) is 23.5 Å². The van der Waals surface area contributed by atoms with E-state index in [1.165, 1.54) is 18.9 Å². The minimum absolute atomic E-state index is 0.0329. The first-order valence-corrected chi connectivity index (χ1v) is 10.6. The van der Waals surface area contributed by atoms with E-state index in [9.17, 15) is 9.59 Å². The van der Waals surface area contributed by atoms with Gasteiger partial charge in [0.25, 0.3) is 5.56 Å². The predicted molar refractivity (Wildman–Crippen MR) is 119 cm³/mol. The molecule has 2 aromatic heterocycles. The Morgan fingerprint density at radius 1 is 1.27 bits per heavy atom. The van der Waals surface area contributed by atoms with E-state index in [0.717, 1.165) is 12.1 Å². The highest BCUT2D eigenvalue weighted by Gasteiger charge is 2.18. The van der Waals surface area contributed by atoms with Crippen molar-refractivity contribution in [1.29, 1.82) is 0 Å². The van der Waals surface area contributed by atoms with Gasteiger partial charge in [-0.15, -0.1) is 0 Å². The average molecular weight is 431 g/mol. The van der Waals surface area contributed by atoms with Crippen LogP contribution in [0.15, 0.2) is 34.2 Å². The van der Waals surface area contributed by atoms with Crippen LogP contribution in [0.3, 0.4) is 0 Å². The third kappa shape index (κ3) is 4.46. The second kappa shape index (κ2) is 9.25. The van der Waals surface area contributed by atoms with Crippen molar-refractivity contribution in [2.24, 2.45) is 0 Å². The lowest BCUT2D eigenvalue weighted by atomic mass is 10.2. The molecule has 8 nitrogen and oxygen atoms in total. The van der Waals surface area contributed by atoms with Gasteiger partial charge in [-0.1, -0.05) is 18.7 Å². The van der Waals surface area contributed by atoms with E-state index in [2.05, 4.69) is 15.3 Å². The molecule has 160 valence electrons. The predicted octanol–water partition coefficient (Wildman–Crippen LogP) is 3.75. The minimum atomic E-state index is -0.206. The number of amides is 1. The number of rotatable bonds is 8. The molecule has 2 N–H and O–H groups in total. The van der Waals surface area contributed by atoms with Gasteiger partial charge in [0.2, 0.25) is 5.91 Å². The zero-order valence-electron chi connectivity index (χ0n) is 17.7. The van der Waals surface area contributed by atoms with Crippen LogP contribution in [0.4, 0.5) is 5.69 Å². The number of hydrogen-bond donors (Lipinski definition) is 2. The van der Waals surface area contributed by atoms with Gasteiger partial charge in [-0.05, 0) is 38.5 Å². The van der Waals surface area contributed by atoms with Gasteiger partial charge in [-0.2, -0.15) is 0 Å². The maximum Gasteiger partial charge on any atom is 0.278 e. The first-order chi connectivity index (χ1) is 14.4. The maximum absolute atomic E-state index is 13.0. The summed E-state index contributed by atoms with van der Waals surface area (Å²) in [6.07, 6.45) is 0.776. The first-order valence-electron chi connectivity index (χ1n) is 9.64. The number of fused-ring (bicyclic) bond motifs is 1. The zero-order valence-corrected chi connectivity index (χ0v) is 18.6. The van der Waals surface area contributed by atoms with Gasteiger partial charge in [0.1, 0.15) is 5.52 Å². The normalized spacial score (nSPS) is 12.0. The molecule has 0 aliphatic rings. The molecule has 0 spiro atoms. The van der Waals surface area contributed by atoms with Crippen LogP contribution >= 0.6 is 11.8 Å². The number of H-pyrrole nitrogens is 1. The molecular weight excluding hydrogens is 404 g/mol. The quantitative estimate of drug-likeness (QED) is 0.417. The number of anilines is 1. The van der Waals surface area contributed by atoms with E-state index in [1.54, 1.807) is 29.9 Å². The number of benzene rings is 1. The molecule has 1 atom stereocenters. The number of thioether (sulfide) groups is 1. The van der Waals surface area contributed by atoms with Crippen molar-refractivity contribution < 1.29 is 14.3 Å². The molecule has 9 heteroatoms. The number of aryl methyl sites for hydroxylation is 1. The lowest BCUT2D eigenvalue weighted by Gasteiger charge is -2.17. The van der Waals surface area contributed by atoms with Gasteiger partial charge in [0.05, 0.1) is 25.5 Å². The highest BCUT2D eigenvalue weighted by atomic mass is 32.2. The molecule has 0 radical (unpaired) electrons. The lowest BCUT2D eigenvalue weighted by molar-refractivity contribution is -0.113. The topological polar surface area (TPSA) is 98.2 Å². The fourth-order valence-electron chi connectivity index (χ4n) is 3.10. The minimum Gasteiger partial charge on any atom is -0.493 e. The largest absolute Gasteiger partial charge is 0.493 e. The molecule has 0 saturated carbocycles. The second-order valence-electron chi connectivity index (χ2n) is 6.95. The highest BCUT2D eigenvalue weighted by molar-refractivity contribution is 7.99. The van der Waals surface area contributed by atoms with Crippen molar-refractivity contribution in [3.05, 3.63) is 40.3 Å². The van der Waals surface area contributed by atoms with Crippen molar-refractivity contribution in [3.63, 3.8) is 0 Å². The molecule has 0 aliphatic heterocycles. The van der Waals surface area contributed by atoms with E-state index in [-0.39, 0.29) is 23.3 Å². The van der Waals surface area contributed by atoms with Crippen molar-refractivity contribution in [2.75, 3.05) is 25.3 Å². The fraction of sp³-hybridized carbons (Fsp3) is 0.381. The van der Waals surface area contributed by atoms with Gasteiger partial charge in [-0.25, -0.2) is 4.98 Å². The number of carbonyl (C=O) groups excluding carboxylic acids is 1. The van der Waals surface area contributed by atoms with Crippen LogP contribution in [0.2, 0.25) is 0 Å². The number of aromatic nitrogens is 3. The number of carbonyl (C=O) groups is 1. The highest BCUT2D eigenvalue weighted by Crippen LogP contribution is 2.30. The summed E-state index contributed by atoms with van der Waals surface area (Å²) in [4.78, 5) is 33.2. The molecule has 1 amide bonds. The summed E-state index contributed by atoms with van der Waals surface area (Å²) in [7, 11) is 3.09. The van der Waals surface area contributed by atoms with Crippen LogP contribution in [0.1, 0.15) is 32.0 Å². The molecule has 0 saturated heterocycles. The summed E-state index contributed by atoms with van der Waals surface area (Å²) in [6, 6.07) is 6.97. The molecule has 0 aliphatic carbocycles. The Bertz CT molecular complexity index is 1120. The second-order valence-corrected chi connectivity index (χ2v) is 7.89. The van der Waals surface area contributed by atoms with Crippen LogP contribution < -0.4 is 20.3 Å². The number of hydrogen-bond acceptors (Lipinski definition) is 6. The van der Waals surface area contributed by atoms with E-state index >= 15 is 0 Å². The smallest absolute Gasteiger partial charge is 0.278 e. The van der Waals surface area contributed by atoms with Crippen LogP contribution in [0.25, 0.3) is 11.0 Å². The van der Waals surface area contributed by atoms with Crippen molar-refractivity contribution in [2.45, 2.75) is 38.4 Å². The SMILES string of the molecule is CC[C@H](C)n1c(SCC(=O)Nc2ccc(OC)c(OC)c2)nc2cc(C)[nH]c2c1=O. The van der Waals surface area contributed by atoms with Crippen LogP contribution in [0, 0.1) is 6.92 Å². The molecular formula is C21H26N4O4S. The van der Waals surface area contributed by atoms with Gasteiger partial charge in [-0.3, -0.25) is 14.2 Å². The maximum atomic E-state index is 13.0. The van der Waals surface area contributed by atoms with Crippen LogP contribution in [0.5, 0.6) is 11.5 Å². The molecule has 0 unspecified atom stereocenters. The average Bonchev–Trinajstić information content (AvgIpc) is 3.12. The van der Waals surface area contributed by atoms with Crippen LogP contribution in [-0.2, 0) is 4.79 Å². The fourth-order valence-corrected chi connectivity index (χ4v) is 4.00. The molecule has 2 heterocycles. The first kappa shape index (κ1) is 21.8. The molecule has 0 fully saturated rings. The Balaban J connectivity index is 1.81. The van der Waals surface area contributed by atoms with Crippen LogP contribution in [-0.4, -0.2) is 40.4 Å². The van der Waals surface area contributed by atoms with Crippen molar-refractivity contribution in [3.8, 4) is 11.5 Å². The number of methoxy groups -OCH3 is 2. The zero-order chi connectivity index (χ0) is 21.8. The lowest BCUT2D eigenvalue weighted by Crippen LogP contribution is -2.26. The third-order valence-electron chi connectivity index (χ3n) is 4.82. The molecule has 0 bridgehead atoms. The van der Waals surface area contributed by atoms with E-state index in [0.29, 0.717) is 33.4 Å². The van der Waals surface area contributed by atoms with Gasteiger partial charge in [0.15, 0.2) is 16.7 Å². The van der Waals surface area contributed by atoms with E-state index in [4.69, 9.17) is 9.47 Å². The monoisotopic (exact) mass is 430 g/mol. The molecule has 3 rings (SSSR count). The Hall–Kier alpha value is -2.94. The number of ether oxygens (including phenoxy) is 2. The van der Waals surface area contributed by atoms with E-state index in [1.807, 2.05) is 26.8 Å².